The summed E-state index contributed by atoms with van der Waals surface area (Å²) in [4.78, 5) is 7.37. The molecular formula is C19H21ClN2S. The third-order valence-corrected chi connectivity index (χ3v) is 5.00. The number of fused-ring (bicyclic) bond motifs is 1. The largest absolute Gasteiger partial charge is 0.321 e. The predicted octanol–water partition coefficient (Wildman–Crippen LogP) is 5.77. The first-order valence-electron chi connectivity index (χ1n) is 7.98. The van der Waals surface area contributed by atoms with Crippen LogP contribution >= 0.6 is 23.4 Å². The van der Waals surface area contributed by atoms with Crippen LogP contribution in [0.4, 0.5) is 5.69 Å². The van der Waals surface area contributed by atoms with Gasteiger partial charge >= 0.3 is 0 Å². The van der Waals surface area contributed by atoms with E-state index in [0.29, 0.717) is 0 Å². The van der Waals surface area contributed by atoms with Crippen molar-refractivity contribution in [3.63, 3.8) is 0 Å². The second kappa shape index (κ2) is 7.41. The van der Waals surface area contributed by atoms with Crippen LogP contribution in [0.3, 0.4) is 0 Å². The minimum atomic E-state index is 0.0187. The average molecular weight is 345 g/mol. The number of unbranched alkanes of at least 4 members (excludes halogenated alkanes) is 1. The molecule has 1 aliphatic rings. The van der Waals surface area contributed by atoms with Crippen LogP contribution in [-0.2, 0) is 0 Å². The molecule has 0 aliphatic carbocycles. The monoisotopic (exact) mass is 344 g/mol. The Labute approximate surface area is 147 Å². The van der Waals surface area contributed by atoms with Gasteiger partial charge < -0.3 is 4.90 Å². The lowest BCUT2D eigenvalue weighted by molar-refractivity contribution is 0.769. The zero-order chi connectivity index (χ0) is 16.2. The van der Waals surface area contributed by atoms with Gasteiger partial charge in [-0.3, -0.25) is 0 Å². The number of hydrogen-bond donors (Lipinski definition) is 0. The van der Waals surface area contributed by atoms with E-state index in [2.05, 4.69) is 54.5 Å². The zero-order valence-corrected chi connectivity index (χ0v) is 15.1. The lowest BCUT2D eigenvalue weighted by Crippen LogP contribution is -2.34. The summed E-state index contributed by atoms with van der Waals surface area (Å²) in [5, 5.41) is 1.85. The summed E-state index contributed by atoms with van der Waals surface area (Å²) in [7, 11) is 0. The van der Waals surface area contributed by atoms with Gasteiger partial charge in [0.25, 0.3) is 0 Å². The Balaban J connectivity index is 2.10. The Kier molecular flexibility index (Phi) is 5.29. The van der Waals surface area contributed by atoms with Gasteiger partial charge in [0.1, 0.15) is 6.04 Å². The van der Waals surface area contributed by atoms with Gasteiger partial charge in [0.2, 0.25) is 0 Å². The molecule has 0 bridgehead atoms. The minimum Gasteiger partial charge on any atom is -0.321 e. The van der Waals surface area contributed by atoms with Gasteiger partial charge in [-0.25, -0.2) is 4.99 Å². The molecule has 2 nitrogen and oxygen atoms in total. The molecule has 0 amide bonds. The molecule has 1 heterocycles. The average Bonchev–Trinajstić information content (AvgIpc) is 2.59. The Morgan fingerprint density at radius 1 is 1.17 bits per heavy atom. The highest BCUT2D eigenvalue weighted by Crippen LogP contribution is 2.40. The number of thioether (sulfide) groups is 1. The Bertz CT molecular complexity index is 700. The van der Waals surface area contributed by atoms with Gasteiger partial charge in [0.15, 0.2) is 5.17 Å². The van der Waals surface area contributed by atoms with Gasteiger partial charge in [0, 0.05) is 22.8 Å². The molecule has 2 aromatic carbocycles. The van der Waals surface area contributed by atoms with E-state index in [4.69, 9.17) is 16.6 Å². The zero-order valence-electron chi connectivity index (χ0n) is 13.5. The van der Waals surface area contributed by atoms with Crippen LogP contribution in [0.15, 0.2) is 53.5 Å². The highest BCUT2D eigenvalue weighted by Gasteiger charge is 2.28. The van der Waals surface area contributed by atoms with Crippen molar-refractivity contribution in [3.8, 4) is 0 Å². The first kappa shape index (κ1) is 16.4. The molecule has 120 valence electrons. The smallest absolute Gasteiger partial charge is 0.164 e. The molecule has 23 heavy (non-hydrogen) atoms. The van der Waals surface area contributed by atoms with Crippen molar-refractivity contribution in [1.82, 2.24) is 0 Å². The van der Waals surface area contributed by atoms with Gasteiger partial charge in [-0.1, -0.05) is 67.0 Å². The molecule has 0 saturated heterocycles. The highest BCUT2D eigenvalue weighted by atomic mass is 35.5. The van der Waals surface area contributed by atoms with Crippen LogP contribution in [0.1, 0.15) is 36.9 Å². The molecule has 0 radical (unpaired) electrons. The van der Waals surface area contributed by atoms with E-state index in [1.165, 1.54) is 23.2 Å². The minimum absolute atomic E-state index is 0.0187. The highest BCUT2D eigenvalue weighted by molar-refractivity contribution is 8.13. The van der Waals surface area contributed by atoms with Gasteiger partial charge in [-0.15, -0.1) is 0 Å². The van der Waals surface area contributed by atoms with Crippen LogP contribution in [0, 0.1) is 0 Å². The summed E-state index contributed by atoms with van der Waals surface area (Å²) >= 11 is 7.99. The van der Waals surface area contributed by atoms with E-state index in [9.17, 15) is 0 Å². The van der Waals surface area contributed by atoms with Crippen molar-refractivity contribution >= 4 is 34.2 Å². The van der Waals surface area contributed by atoms with Crippen molar-refractivity contribution in [3.05, 3.63) is 64.7 Å². The first-order valence-corrected chi connectivity index (χ1v) is 9.58. The first-order chi connectivity index (χ1) is 11.2. The van der Waals surface area contributed by atoms with Crippen molar-refractivity contribution < 1.29 is 0 Å². The summed E-state index contributed by atoms with van der Waals surface area (Å²) < 4.78 is 0. The third-order valence-electron chi connectivity index (χ3n) is 4.08. The second-order valence-electron chi connectivity index (χ2n) is 5.64. The fourth-order valence-corrected chi connectivity index (χ4v) is 3.73. The lowest BCUT2D eigenvalue weighted by Gasteiger charge is -2.34. The normalized spacial score (nSPS) is 16.9. The van der Waals surface area contributed by atoms with E-state index >= 15 is 0 Å². The maximum Gasteiger partial charge on any atom is 0.164 e. The molecule has 0 spiro atoms. The van der Waals surface area contributed by atoms with E-state index in [1.54, 1.807) is 11.8 Å². The molecule has 2 aromatic rings. The van der Waals surface area contributed by atoms with Gasteiger partial charge in [0.05, 0.1) is 0 Å². The van der Waals surface area contributed by atoms with E-state index in [-0.39, 0.29) is 6.04 Å². The van der Waals surface area contributed by atoms with Crippen LogP contribution in [0.25, 0.3) is 0 Å². The Morgan fingerprint density at radius 3 is 2.65 bits per heavy atom. The number of nitrogens with zero attached hydrogens (tertiary/aromatic N) is 2. The fourth-order valence-electron chi connectivity index (χ4n) is 2.93. The van der Waals surface area contributed by atoms with Crippen LogP contribution < -0.4 is 4.90 Å². The van der Waals surface area contributed by atoms with Gasteiger partial charge in [-0.2, -0.15) is 0 Å². The second-order valence-corrected chi connectivity index (χ2v) is 6.85. The summed E-state index contributed by atoms with van der Waals surface area (Å²) in [5.41, 5.74) is 3.63. The molecule has 1 unspecified atom stereocenters. The van der Waals surface area contributed by atoms with Crippen molar-refractivity contribution in [2.24, 2.45) is 4.99 Å². The van der Waals surface area contributed by atoms with Crippen molar-refractivity contribution in [1.29, 1.82) is 0 Å². The molecule has 0 fully saturated rings. The fraction of sp³-hybridized carbons (Fsp3) is 0.316. The molecule has 3 rings (SSSR count). The van der Waals surface area contributed by atoms with Crippen LogP contribution in [-0.4, -0.2) is 18.0 Å². The van der Waals surface area contributed by atoms with Crippen molar-refractivity contribution in [2.75, 3.05) is 17.7 Å². The summed E-state index contributed by atoms with van der Waals surface area (Å²) in [5.74, 6) is 0. The van der Waals surface area contributed by atoms with Crippen LogP contribution in [0.5, 0.6) is 0 Å². The van der Waals surface area contributed by atoms with Gasteiger partial charge in [-0.05, 0) is 36.4 Å². The predicted molar refractivity (Wildman–Crippen MR) is 103 cm³/mol. The SMILES string of the molecule is CCCCN1C(SC)=NC(c2ccccc2)c2cc(Cl)ccc21. The van der Waals surface area contributed by atoms with E-state index in [1.807, 2.05) is 12.1 Å². The quantitative estimate of drug-likeness (QED) is 0.699. The number of hydrogen-bond acceptors (Lipinski definition) is 3. The molecule has 0 aromatic heterocycles. The molecule has 1 aliphatic heterocycles. The summed E-state index contributed by atoms with van der Waals surface area (Å²) in [6.07, 6.45) is 4.42. The maximum atomic E-state index is 6.28. The summed E-state index contributed by atoms with van der Waals surface area (Å²) in [6, 6.07) is 16.6. The molecule has 0 N–H and O–H groups in total. The van der Waals surface area contributed by atoms with Crippen molar-refractivity contribution in [2.45, 2.75) is 25.8 Å². The standard InChI is InChI=1S/C19H21ClN2S/c1-3-4-12-22-17-11-10-15(20)13-16(17)18(21-19(22)23-2)14-8-6-5-7-9-14/h5-11,13,18H,3-4,12H2,1-2H3. The lowest BCUT2D eigenvalue weighted by atomic mass is 9.96. The van der Waals surface area contributed by atoms with Crippen LogP contribution in [0.2, 0.25) is 5.02 Å². The number of rotatable bonds is 4. The molecular weight excluding hydrogens is 324 g/mol. The topological polar surface area (TPSA) is 15.6 Å². The molecule has 1 atom stereocenters. The maximum absolute atomic E-state index is 6.28. The molecule has 4 heteroatoms. The number of amidine groups is 1. The Hall–Kier alpha value is -1.45. The van der Waals surface area contributed by atoms with E-state index < -0.39 is 0 Å². The number of benzene rings is 2. The summed E-state index contributed by atoms with van der Waals surface area (Å²) in [6.45, 7) is 3.21. The third kappa shape index (κ3) is 3.41. The Morgan fingerprint density at radius 2 is 1.96 bits per heavy atom. The van der Waals surface area contributed by atoms with E-state index in [0.717, 1.165) is 23.2 Å². The molecule has 0 saturated carbocycles. The number of halogens is 1. The number of anilines is 1. The number of aliphatic imine (C=N–C) groups is 1.